The quantitative estimate of drug-likeness (QED) is 0.782. The molecule has 2 aromatic rings. The van der Waals surface area contributed by atoms with Crippen molar-refractivity contribution in [3.63, 3.8) is 0 Å². The number of hydrogen-bond donors (Lipinski definition) is 1. The van der Waals surface area contributed by atoms with Gasteiger partial charge >= 0.3 is 5.97 Å². The van der Waals surface area contributed by atoms with Crippen molar-refractivity contribution < 1.29 is 19.1 Å². The first-order valence-electron chi connectivity index (χ1n) is 7.37. The maximum absolute atomic E-state index is 11.7. The van der Waals surface area contributed by atoms with Crippen LogP contribution in [0.5, 0.6) is 5.75 Å². The van der Waals surface area contributed by atoms with Gasteiger partial charge in [0.2, 0.25) is 0 Å². The second-order valence-electron chi connectivity index (χ2n) is 5.05. The summed E-state index contributed by atoms with van der Waals surface area (Å²) in [7, 11) is 1.57. The Morgan fingerprint density at radius 2 is 1.79 bits per heavy atom. The topological polar surface area (TPSA) is 64.6 Å². The van der Waals surface area contributed by atoms with Crippen LogP contribution in [0, 0.1) is 0 Å². The van der Waals surface area contributed by atoms with E-state index in [1.54, 1.807) is 37.4 Å². The molecule has 0 saturated heterocycles. The minimum atomic E-state index is -0.465. The molecule has 0 aliphatic rings. The molecule has 0 aliphatic heterocycles. The molecule has 0 saturated carbocycles. The molecule has 2 rings (SSSR count). The first-order valence-corrected chi connectivity index (χ1v) is 7.75. The molecule has 2 aromatic carbocycles. The van der Waals surface area contributed by atoms with Crippen LogP contribution in [0.25, 0.3) is 0 Å². The second-order valence-corrected chi connectivity index (χ2v) is 5.46. The fraction of sp³-hybridized carbons (Fsp3) is 0.222. The third-order valence-corrected chi connectivity index (χ3v) is 3.67. The van der Waals surface area contributed by atoms with Crippen LogP contribution in [0.2, 0.25) is 5.02 Å². The molecule has 0 aromatic heterocycles. The maximum Gasteiger partial charge on any atom is 0.310 e. The van der Waals surface area contributed by atoms with Gasteiger partial charge in [-0.1, -0.05) is 41.9 Å². The highest BCUT2D eigenvalue weighted by Crippen LogP contribution is 2.14. The molecule has 1 N–H and O–H groups in total. The van der Waals surface area contributed by atoms with Crippen LogP contribution in [0.15, 0.2) is 48.5 Å². The van der Waals surface area contributed by atoms with Crippen LogP contribution in [-0.4, -0.2) is 25.6 Å². The van der Waals surface area contributed by atoms with Crippen LogP contribution in [0.4, 0.5) is 0 Å². The van der Waals surface area contributed by atoms with E-state index in [4.69, 9.17) is 21.1 Å². The third kappa shape index (κ3) is 5.59. The predicted molar refractivity (Wildman–Crippen MR) is 91.0 cm³/mol. The van der Waals surface area contributed by atoms with Crippen molar-refractivity contribution in [2.45, 2.75) is 13.0 Å². The van der Waals surface area contributed by atoms with Crippen molar-refractivity contribution >= 4 is 23.5 Å². The van der Waals surface area contributed by atoms with Crippen molar-refractivity contribution in [2.75, 3.05) is 13.7 Å². The maximum atomic E-state index is 11.7. The van der Waals surface area contributed by atoms with Crippen LogP contribution in [0.1, 0.15) is 11.1 Å². The number of benzene rings is 2. The fourth-order valence-corrected chi connectivity index (χ4v) is 2.20. The Morgan fingerprint density at radius 3 is 2.46 bits per heavy atom. The monoisotopic (exact) mass is 347 g/mol. The lowest BCUT2D eigenvalue weighted by molar-refractivity contribution is -0.147. The lowest BCUT2D eigenvalue weighted by Gasteiger charge is -2.08. The van der Waals surface area contributed by atoms with Crippen molar-refractivity contribution in [3.8, 4) is 5.75 Å². The molecular weight excluding hydrogens is 330 g/mol. The zero-order valence-corrected chi connectivity index (χ0v) is 14.0. The first kappa shape index (κ1) is 17.8. The van der Waals surface area contributed by atoms with Gasteiger partial charge in [-0.2, -0.15) is 0 Å². The van der Waals surface area contributed by atoms with Gasteiger partial charge in [-0.05, 0) is 29.3 Å². The van der Waals surface area contributed by atoms with Gasteiger partial charge in [0.25, 0.3) is 5.91 Å². The summed E-state index contributed by atoms with van der Waals surface area (Å²) in [6.07, 6.45) is 0.0990. The van der Waals surface area contributed by atoms with Crippen LogP contribution in [-0.2, 0) is 27.3 Å². The molecule has 0 aliphatic carbocycles. The Hall–Kier alpha value is -2.53. The van der Waals surface area contributed by atoms with Gasteiger partial charge in [0.1, 0.15) is 5.75 Å². The summed E-state index contributed by atoms with van der Waals surface area (Å²) in [6.45, 7) is -0.0338. The van der Waals surface area contributed by atoms with Gasteiger partial charge in [-0.25, -0.2) is 0 Å². The standard InChI is InChI=1S/C18H18ClNO4/c1-23-15-8-6-13(7-9-15)10-18(22)24-12-17(21)20-11-14-4-2-3-5-16(14)19/h2-9H,10-12H2,1H3,(H,20,21). The highest BCUT2D eigenvalue weighted by atomic mass is 35.5. The molecule has 0 atom stereocenters. The molecule has 6 heteroatoms. The smallest absolute Gasteiger partial charge is 0.310 e. The average molecular weight is 348 g/mol. The average Bonchev–Trinajstić information content (AvgIpc) is 2.60. The largest absolute Gasteiger partial charge is 0.497 e. The molecule has 0 radical (unpaired) electrons. The molecule has 5 nitrogen and oxygen atoms in total. The number of ether oxygens (including phenoxy) is 2. The van der Waals surface area contributed by atoms with Gasteiger partial charge in [0.15, 0.2) is 6.61 Å². The zero-order chi connectivity index (χ0) is 17.4. The predicted octanol–water partition coefficient (Wildman–Crippen LogP) is 2.75. The molecule has 24 heavy (non-hydrogen) atoms. The normalized spacial score (nSPS) is 10.1. The first-order chi connectivity index (χ1) is 11.6. The van der Waals surface area contributed by atoms with E-state index in [1.807, 2.05) is 18.2 Å². The SMILES string of the molecule is COc1ccc(CC(=O)OCC(=O)NCc2ccccc2Cl)cc1. The molecule has 126 valence electrons. The number of methoxy groups -OCH3 is 1. The number of rotatable bonds is 7. The zero-order valence-electron chi connectivity index (χ0n) is 13.3. The molecule has 0 unspecified atom stereocenters. The summed E-state index contributed by atoms with van der Waals surface area (Å²) in [5.41, 5.74) is 1.59. The molecule has 0 heterocycles. The van der Waals surface area contributed by atoms with Crippen LogP contribution >= 0.6 is 11.6 Å². The minimum absolute atomic E-state index is 0.0990. The van der Waals surface area contributed by atoms with E-state index in [-0.39, 0.29) is 25.5 Å². The highest BCUT2D eigenvalue weighted by molar-refractivity contribution is 6.31. The van der Waals surface area contributed by atoms with E-state index in [2.05, 4.69) is 5.32 Å². The summed E-state index contributed by atoms with van der Waals surface area (Å²) in [4.78, 5) is 23.5. The Bertz CT molecular complexity index is 700. The molecule has 0 fully saturated rings. The van der Waals surface area contributed by atoms with Gasteiger partial charge in [-0.15, -0.1) is 0 Å². The van der Waals surface area contributed by atoms with Crippen molar-refractivity contribution in [1.29, 1.82) is 0 Å². The Kier molecular flexibility index (Phi) is 6.63. The van der Waals surface area contributed by atoms with E-state index >= 15 is 0 Å². The number of hydrogen-bond acceptors (Lipinski definition) is 4. The van der Waals surface area contributed by atoms with E-state index < -0.39 is 5.97 Å². The van der Waals surface area contributed by atoms with Crippen molar-refractivity contribution in [2.24, 2.45) is 0 Å². The summed E-state index contributed by atoms with van der Waals surface area (Å²) in [5, 5.41) is 3.24. The number of carbonyl (C=O) groups is 2. The van der Waals surface area contributed by atoms with Gasteiger partial charge in [0.05, 0.1) is 13.5 Å². The third-order valence-electron chi connectivity index (χ3n) is 3.31. The minimum Gasteiger partial charge on any atom is -0.497 e. The number of halogens is 1. The summed E-state index contributed by atoms with van der Waals surface area (Å²) in [5.74, 6) is -0.128. The second kappa shape index (κ2) is 8.93. The fourth-order valence-electron chi connectivity index (χ4n) is 1.99. The Morgan fingerprint density at radius 1 is 1.08 bits per heavy atom. The van der Waals surface area contributed by atoms with Crippen LogP contribution in [0.3, 0.4) is 0 Å². The number of amides is 1. The lowest BCUT2D eigenvalue weighted by Crippen LogP contribution is -2.28. The van der Waals surface area contributed by atoms with Crippen molar-refractivity contribution in [1.82, 2.24) is 5.32 Å². The Labute approximate surface area is 145 Å². The summed E-state index contributed by atoms with van der Waals surface area (Å²) < 4.78 is 10.0. The molecular formula is C18H18ClNO4. The number of esters is 1. The highest BCUT2D eigenvalue weighted by Gasteiger charge is 2.09. The Balaban J connectivity index is 1.72. The number of carbonyl (C=O) groups excluding carboxylic acids is 2. The lowest BCUT2D eigenvalue weighted by atomic mass is 10.1. The van der Waals surface area contributed by atoms with Gasteiger partial charge in [0, 0.05) is 11.6 Å². The van der Waals surface area contributed by atoms with Crippen molar-refractivity contribution in [3.05, 3.63) is 64.7 Å². The van der Waals surface area contributed by atoms with E-state index in [1.165, 1.54) is 0 Å². The molecule has 0 spiro atoms. The van der Waals surface area contributed by atoms with E-state index in [0.29, 0.717) is 10.8 Å². The molecule has 0 bridgehead atoms. The van der Waals surface area contributed by atoms with E-state index in [0.717, 1.165) is 11.1 Å². The molecule has 1 amide bonds. The van der Waals surface area contributed by atoms with Gasteiger partial charge in [-0.3, -0.25) is 9.59 Å². The van der Waals surface area contributed by atoms with E-state index in [9.17, 15) is 9.59 Å². The summed E-state index contributed by atoms with van der Waals surface area (Å²) in [6, 6.07) is 14.3. The van der Waals surface area contributed by atoms with Gasteiger partial charge < -0.3 is 14.8 Å². The van der Waals surface area contributed by atoms with Crippen LogP contribution < -0.4 is 10.1 Å². The number of nitrogens with one attached hydrogen (secondary N) is 1. The summed E-state index contributed by atoms with van der Waals surface area (Å²) >= 11 is 6.00.